The van der Waals surface area contributed by atoms with Gasteiger partial charge in [-0.3, -0.25) is 0 Å². The number of aromatic nitrogens is 1. The number of pyridine rings is 1. The number of ether oxygens (including phenoxy) is 1. The average Bonchev–Trinajstić information content (AvgIpc) is 2.50. The summed E-state index contributed by atoms with van der Waals surface area (Å²) in [4.78, 5) is 16.5. The van der Waals surface area contributed by atoms with Crippen molar-refractivity contribution in [2.45, 2.75) is 13.8 Å². The highest BCUT2D eigenvalue weighted by atomic mass is 16.5. The highest BCUT2D eigenvalue weighted by Gasteiger charge is 2.23. The summed E-state index contributed by atoms with van der Waals surface area (Å²) in [7, 11) is 0. The van der Waals surface area contributed by atoms with Crippen LogP contribution in [0.25, 0.3) is 11.3 Å². The van der Waals surface area contributed by atoms with Gasteiger partial charge in [0, 0.05) is 5.56 Å². The summed E-state index contributed by atoms with van der Waals surface area (Å²) in [6.45, 7) is 3.61. The summed E-state index contributed by atoms with van der Waals surface area (Å²) < 4.78 is 5.00. The molecule has 0 bridgehead atoms. The third-order valence-corrected chi connectivity index (χ3v) is 3.06. The van der Waals surface area contributed by atoms with Crippen molar-refractivity contribution in [1.29, 1.82) is 5.26 Å². The molecule has 0 amide bonds. The van der Waals surface area contributed by atoms with Crippen LogP contribution in [0, 0.1) is 18.3 Å². The Bertz CT molecular complexity index is 719. The predicted octanol–water partition coefficient (Wildman–Crippen LogP) is 2.69. The summed E-state index contributed by atoms with van der Waals surface area (Å²) in [6, 6.07) is 11.2. The van der Waals surface area contributed by atoms with Crippen LogP contribution in [0.15, 0.2) is 30.3 Å². The summed E-state index contributed by atoms with van der Waals surface area (Å²) >= 11 is 0. The minimum Gasteiger partial charge on any atom is -0.462 e. The molecule has 0 aliphatic heterocycles. The Morgan fingerprint density at radius 3 is 2.62 bits per heavy atom. The fourth-order valence-electron chi connectivity index (χ4n) is 2.05. The molecule has 0 saturated carbocycles. The molecule has 5 nitrogen and oxygen atoms in total. The van der Waals surface area contributed by atoms with Crippen molar-refractivity contribution in [2.24, 2.45) is 0 Å². The minimum atomic E-state index is -0.603. The summed E-state index contributed by atoms with van der Waals surface area (Å²) in [6.07, 6.45) is 0. The second-order valence-electron chi connectivity index (χ2n) is 4.41. The number of nitrogens with zero attached hydrogens (tertiary/aromatic N) is 2. The van der Waals surface area contributed by atoms with E-state index in [0.717, 1.165) is 5.56 Å². The number of aryl methyl sites for hydroxylation is 1. The number of anilines is 1. The Morgan fingerprint density at radius 1 is 1.38 bits per heavy atom. The van der Waals surface area contributed by atoms with E-state index in [1.165, 1.54) is 0 Å². The van der Waals surface area contributed by atoms with E-state index in [4.69, 9.17) is 10.5 Å². The van der Waals surface area contributed by atoms with Crippen LogP contribution < -0.4 is 5.73 Å². The molecular formula is C16H15N3O2. The highest BCUT2D eigenvalue weighted by molar-refractivity contribution is 6.00. The van der Waals surface area contributed by atoms with E-state index in [2.05, 4.69) is 4.98 Å². The molecule has 0 saturated heterocycles. The number of carbonyl (C=O) groups is 1. The smallest absolute Gasteiger partial charge is 0.341 e. The number of nitrogen functional groups attached to an aromatic ring is 1. The standard InChI is InChI=1S/C16H15N3O2/c1-3-21-16(20)13-12(9-17)15(19-10(2)14(13)18)11-7-5-4-6-8-11/h4-8H,3,18H2,1-2H3. The first kappa shape index (κ1) is 14.5. The van der Waals surface area contributed by atoms with Crippen molar-refractivity contribution in [3.8, 4) is 17.3 Å². The lowest BCUT2D eigenvalue weighted by molar-refractivity contribution is 0.0527. The van der Waals surface area contributed by atoms with E-state index in [-0.39, 0.29) is 23.4 Å². The molecule has 2 rings (SSSR count). The molecule has 1 heterocycles. The molecular weight excluding hydrogens is 266 g/mol. The van der Waals surface area contributed by atoms with Gasteiger partial charge in [-0.05, 0) is 13.8 Å². The van der Waals surface area contributed by atoms with Crippen molar-refractivity contribution in [3.05, 3.63) is 47.2 Å². The molecule has 1 aromatic carbocycles. The van der Waals surface area contributed by atoms with Crippen LogP contribution in [0.3, 0.4) is 0 Å². The number of nitrogens with two attached hydrogens (primary N) is 1. The Kier molecular flexibility index (Phi) is 4.19. The SMILES string of the molecule is CCOC(=O)c1c(N)c(C)nc(-c2ccccc2)c1C#N. The second kappa shape index (κ2) is 6.06. The Hall–Kier alpha value is -2.87. The zero-order valence-electron chi connectivity index (χ0n) is 11.9. The van der Waals surface area contributed by atoms with Gasteiger partial charge in [-0.15, -0.1) is 0 Å². The van der Waals surface area contributed by atoms with Crippen LogP contribution in [0.1, 0.15) is 28.5 Å². The van der Waals surface area contributed by atoms with Gasteiger partial charge in [0.15, 0.2) is 0 Å². The second-order valence-corrected chi connectivity index (χ2v) is 4.41. The van der Waals surface area contributed by atoms with E-state index in [1.807, 2.05) is 36.4 Å². The molecule has 0 spiro atoms. The van der Waals surface area contributed by atoms with Gasteiger partial charge in [0.25, 0.3) is 0 Å². The van der Waals surface area contributed by atoms with E-state index >= 15 is 0 Å². The molecule has 0 fully saturated rings. The Morgan fingerprint density at radius 2 is 2.05 bits per heavy atom. The summed E-state index contributed by atoms with van der Waals surface area (Å²) in [5, 5.41) is 9.44. The van der Waals surface area contributed by atoms with Gasteiger partial charge >= 0.3 is 5.97 Å². The maximum atomic E-state index is 12.1. The first-order valence-corrected chi connectivity index (χ1v) is 6.52. The molecule has 0 atom stereocenters. The summed E-state index contributed by atoms with van der Waals surface area (Å²) in [5.41, 5.74) is 8.02. The maximum absolute atomic E-state index is 12.1. The Balaban J connectivity index is 2.74. The normalized spacial score (nSPS) is 9.95. The van der Waals surface area contributed by atoms with Crippen LogP contribution in [0.5, 0.6) is 0 Å². The van der Waals surface area contributed by atoms with Crippen molar-refractivity contribution < 1.29 is 9.53 Å². The molecule has 0 radical (unpaired) electrons. The lowest BCUT2D eigenvalue weighted by atomic mass is 9.99. The van der Waals surface area contributed by atoms with Gasteiger partial charge in [0.2, 0.25) is 0 Å². The first-order chi connectivity index (χ1) is 10.1. The first-order valence-electron chi connectivity index (χ1n) is 6.52. The van der Waals surface area contributed by atoms with Crippen molar-refractivity contribution >= 4 is 11.7 Å². The third-order valence-electron chi connectivity index (χ3n) is 3.06. The van der Waals surface area contributed by atoms with E-state index in [1.54, 1.807) is 13.8 Å². The predicted molar refractivity (Wildman–Crippen MR) is 79.5 cm³/mol. The highest BCUT2D eigenvalue weighted by Crippen LogP contribution is 2.29. The molecule has 2 aromatic rings. The number of benzene rings is 1. The van der Waals surface area contributed by atoms with E-state index < -0.39 is 5.97 Å². The van der Waals surface area contributed by atoms with E-state index in [9.17, 15) is 10.1 Å². The lowest BCUT2D eigenvalue weighted by Gasteiger charge is -2.13. The zero-order chi connectivity index (χ0) is 15.4. The fourth-order valence-corrected chi connectivity index (χ4v) is 2.05. The monoisotopic (exact) mass is 281 g/mol. The minimum absolute atomic E-state index is 0.0886. The van der Waals surface area contributed by atoms with Crippen LogP contribution in [0.4, 0.5) is 5.69 Å². The molecule has 106 valence electrons. The molecule has 5 heteroatoms. The number of nitriles is 1. The quantitative estimate of drug-likeness (QED) is 0.874. The molecule has 0 unspecified atom stereocenters. The summed E-state index contributed by atoms with van der Waals surface area (Å²) in [5.74, 6) is -0.603. The molecule has 0 aliphatic carbocycles. The third kappa shape index (κ3) is 2.70. The molecule has 2 N–H and O–H groups in total. The van der Waals surface area contributed by atoms with Gasteiger partial charge in [0.1, 0.15) is 11.6 Å². The maximum Gasteiger partial charge on any atom is 0.341 e. The van der Waals surface area contributed by atoms with Crippen molar-refractivity contribution in [2.75, 3.05) is 12.3 Å². The number of esters is 1. The lowest BCUT2D eigenvalue weighted by Crippen LogP contribution is -2.14. The van der Waals surface area contributed by atoms with Gasteiger partial charge < -0.3 is 10.5 Å². The number of hydrogen-bond donors (Lipinski definition) is 1. The number of hydrogen-bond acceptors (Lipinski definition) is 5. The van der Waals surface area contributed by atoms with Crippen LogP contribution in [0.2, 0.25) is 0 Å². The van der Waals surface area contributed by atoms with Crippen LogP contribution >= 0.6 is 0 Å². The van der Waals surface area contributed by atoms with E-state index in [0.29, 0.717) is 11.4 Å². The molecule has 0 aliphatic rings. The Labute approximate surface area is 123 Å². The fraction of sp³-hybridized carbons (Fsp3) is 0.188. The van der Waals surface area contributed by atoms with Gasteiger partial charge in [-0.25, -0.2) is 9.78 Å². The number of carbonyl (C=O) groups excluding carboxylic acids is 1. The zero-order valence-corrected chi connectivity index (χ0v) is 11.9. The van der Waals surface area contributed by atoms with Crippen molar-refractivity contribution in [3.63, 3.8) is 0 Å². The number of rotatable bonds is 3. The molecule has 21 heavy (non-hydrogen) atoms. The largest absolute Gasteiger partial charge is 0.462 e. The van der Waals surface area contributed by atoms with Gasteiger partial charge in [-0.2, -0.15) is 5.26 Å². The van der Waals surface area contributed by atoms with Crippen LogP contribution in [-0.2, 0) is 4.74 Å². The molecule has 1 aromatic heterocycles. The van der Waals surface area contributed by atoms with Crippen LogP contribution in [-0.4, -0.2) is 17.6 Å². The van der Waals surface area contributed by atoms with Gasteiger partial charge in [-0.1, -0.05) is 30.3 Å². The van der Waals surface area contributed by atoms with Crippen molar-refractivity contribution in [1.82, 2.24) is 4.98 Å². The topological polar surface area (TPSA) is 89.0 Å². The average molecular weight is 281 g/mol. The van der Waals surface area contributed by atoms with Gasteiger partial charge in [0.05, 0.1) is 29.2 Å².